The maximum Gasteiger partial charge on any atom is 0.364 e. The van der Waals surface area contributed by atoms with E-state index in [0.717, 1.165) is 12.8 Å². The van der Waals surface area contributed by atoms with Crippen molar-refractivity contribution in [3.63, 3.8) is 0 Å². The van der Waals surface area contributed by atoms with Crippen LogP contribution < -0.4 is 5.32 Å². The second-order valence-electron chi connectivity index (χ2n) is 4.90. The van der Waals surface area contributed by atoms with Gasteiger partial charge in [0.15, 0.2) is 5.69 Å². The van der Waals surface area contributed by atoms with E-state index < -0.39 is 4.92 Å². The van der Waals surface area contributed by atoms with Gasteiger partial charge in [-0.2, -0.15) is 0 Å². The van der Waals surface area contributed by atoms with Crippen molar-refractivity contribution in [1.82, 2.24) is 10.3 Å². The highest BCUT2D eigenvalue weighted by Gasteiger charge is 2.15. The van der Waals surface area contributed by atoms with E-state index >= 15 is 0 Å². The summed E-state index contributed by atoms with van der Waals surface area (Å²) < 4.78 is 0. The molecule has 1 amide bonds. The summed E-state index contributed by atoms with van der Waals surface area (Å²) in [6, 6.07) is 2.75. The Hall–Kier alpha value is -1.98. The normalized spacial score (nSPS) is 10.5. The highest BCUT2D eigenvalue weighted by atomic mass is 16.6. The molecular formula is C13H19N3O3. The molecule has 0 saturated carbocycles. The number of nitrogens with zero attached hydrogens (tertiary/aromatic N) is 2. The molecule has 19 heavy (non-hydrogen) atoms. The number of aromatic nitrogens is 1. The van der Waals surface area contributed by atoms with Gasteiger partial charge in [0.25, 0.3) is 5.91 Å². The summed E-state index contributed by atoms with van der Waals surface area (Å²) in [7, 11) is 0. The van der Waals surface area contributed by atoms with E-state index in [-0.39, 0.29) is 17.3 Å². The number of pyridine rings is 1. The second kappa shape index (κ2) is 6.82. The summed E-state index contributed by atoms with van der Waals surface area (Å²) in [6.07, 6.45) is 1.94. The third-order valence-corrected chi connectivity index (χ3v) is 2.63. The van der Waals surface area contributed by atoms with Gasteiger partial charge < -0.3 is 15.4 Å². The van der Waals surface area contributed by atoms with Crippen LogP contribution in [0.5, 0.6) is 0 Å². The average molecular weight is 265 g/mol. The second-order valence-corrected chi connectivity index (χ2v) is 4.90. The molecule has 104 valence electrons. The number of nitrogens with one attached hydrogen (secondary N) is 1. The van der Waals surface area contributed by atoms with Crippen LogP contribution in [0.15, 0.2) is 12.1 Å². The van der Waals surface area contributed by atoms with Gasteiger partial charge in [-0.05, 0) is 34.7 Å². The van der Waals surface area contributed by atoms with E-state index in [1.54, 1.807) is 13.0 Å². The third kappa shape index (κ3) is 5.03. The Balaban J connectivity index is 2.64. The van der Waals surface area contributed by atoms with Crippen LogP contribution in [0.3, 0.4) is 0 Å². The van der Waals surface area contributed by atoms with Crippen LogP contribution in [0, 0.1) is 23.0 Å². The van der Waals surface area contributed by atoms with Gasteiger partial charge in [-0.1, -0.05) is 13.8 Å². The zero-order valence-electron chi connectivity index (χ0n) is 11.5. The first-order valence-corrected chi connectivity index (χ1v) is 6.31. The molecule has 1 aromatic heterocycles. The zero-order chi connectivity index (χ0) is 14.4. The van der Waals surface area contributed by atoms with Gasteiger partial charge >= 0.3 is 5.82 Å². The predicted octanol–water partition coefficient (Wildman–Crippen LogP) is 2.46. The monoisotopic (exact) mass is 265 g/mol. The van der Waals surface area contributed by atoms with Gasteiger partial charge in [-0.15, -0.1) is 0 Å². The highest BCUT2D eigenvalue weighted by Crippen LogP contribution is 2.12. The molecule has 6 nitrogen and oxygen atoms in total. The van der Waals surface area contributed by atoms with Gasteiger partial charge in [0.05, 0.1) is 5.56 Å². The quantitative estimate of drug-likeness (QED) is 0.486. The number of hydrogen-bond acceptors (Lipinski definition) is 4. The van der Waals surface area contributed by atoms with Crippen LogP contribution in [0.25, 0.3) is 0 Å². The first-order valence-electron chi connectivity index (χ1n) is 6.31. The minimum absolute atomic E-state index is 0.281. The van der Waals surface area contributed by atoms with E-state index in [9.17, 15) is 14.9 Å². The van der Waals surface area contributed by atoms with Crippen LogP contribution in [0.2, 0.25) is 0 Å². The summed E-state index contributed by atoms with van der Waals surface area (Å²) in [5.41, 5.74) is 0.741. The zero-order valence-corrected chi connectivity index (χ0v) is 11.5. The van der Waals surface area contributed by atoms with Crippen LogP contribution in [-0.4, -0.2) is 22.4 Å². The van der Waals surface area contributed by atoms with Crippen molar-refractivity contribution in [2.75, 3.05) is 6.54 Å². The van der Waals surface area contributed by atoms with E-state index in [0.29, 0.717) is 18.2 Å². The molecule has 0 atom stereocenters. The first kappa shape index (κ1) is 15.1. The van der Waals surface area contributed by atoms with Crippen LogP contribution in [0.4, 0.5) is 5.82 Å². The van der Waals surface area contributed by atoms with Crippen molar-refractivity contribution in [2.24, 2.45) is 5.92 Å². The van der Waals surface area contributed by atoms with Crippen molar-refractivity contribution in [1.29, 1.82) is 0 Å². The molecule has 0 radical (unpaired) electrons. The van der Waals surface area contributed by atoms with Gasteiger partial charge in [0.1, 0.15) is 0 Å². The molecule has 0 bridgehead atoms. The molecule has 0 unspecified atom stereocenters. The molecular weight excluding hydrogens is 246 g/mol. The Morgan fingerprint density at radius 1 is 1.47 bits per heavy atom. The number of amides is 1. The summed E-state index contributed by atoms with van der Waals surface area (Å²) >= 11 is 0. The van der Waals surface area contributed by atoms with E-state index in [4.69, 9.17) is 0 Å². The average Bonchev–Trinajstić information content (AvgIpc) is 2.33. The maximum atomic E-state index is 11.9. The lowest BCUT2D eigenvalue weighted by Gasteiger charge is -2.06. The van der Waals surface area contributed by atoms with Crippen LogP contribution in [0.1, 0.15) is 42.7 Å². The number of hydrogen-bond donors (Lipinski definition) is 1. The van der Waals surface area contributed by atoms with E-state index in [1.165, 1.54) is 6.07 Å². The first-order chi connectivity index (χ1) is 8.90. The number of nitro groups is 1. The Morgan fingerprint density at radius 2 is 2.16 bits per heavy atom. The van der Waals surface area contributed by atoms with E-state index in [2.05, 4.69) is 24.1 Å². The molecule has 1 heterocycles. The molecule has 0 aliphatic heterocycles. The lowest BCUT2D eigenvalue weighted by Crippen LogP contribution is -2.25. The van der Waals surface area contributed by atoms with Crippen molar-refractivity contribution >= 4 is 11.7 Å². The van der Waals surface area contributed by atoms with Gasteiger partial charge in [0, 0.05) is 19.5 Å². The molecule has 6 heteroatoms. The van der Waals surface area contributed by atoms with Crippen molar-refractivity contribution in [2.45, 2.75) is 33.6 Å². The third-order valence-electron chi connectivity index (χ3n) is 2.63. The lowest BCUT2D eigenvalue weighted by atomic mass is 10.1. The van der Waals surface area contributed by atoms with Crippen LogP contribution >= 0.6 is 0 Å². The highest BCUT2D eigenvalue weighted by molar-refractivity contribution is 5.94. The number of carbonyl (C=O) groups excluding carboxylic acids is 1. The molecule has 0 spiro atoms. The van der Waals surface area contributed by atoms with Gasteiger partial charge in [-0.3, -0.25) is 4.79 Å². The topological polar surface area (TPSA) is 85.1 Å². The fourth-order valence-corrected chi connectivity index (χ4v) is 1.69. The molecule has 0 aliphatic carbocycles. The van der Waals surface area contributed by atoms with E-state index in [1.807, 2.05) is 0 Å². The van der Waals surface area contributed by atoms with Crippen molar-refractivity contribution in [3.05, 3.63) is 33.5 Å². The lowest BCUT2D eigenvalue weighted by molar-refractivity contribution is -0.389. The van der Waals surface area contributed by atoms with Gasteiger partial charge in [-0.25, -0.2) is 0 Å². The maximum absolute atomic E-state index is 11.9. The summed E-state index contributed by atoms with van der Waals surface area (Å²) in [4.78, 5) is 25.7. The molecule has 1 N–H and O–H groups in total. The standard InChI is InChI=1S/C13H19N3O3/c1-9(2)5-4-6-14-13(17)11-7-10(3)15-12(8-11)16(18)19/h7-9H,4-6H2,1-3H3,(H,14,17). The Bertz CT molecular complexity index is 472. The number of rotatable bonds is 6. The minimum Gasteiger partial charge on any atom is -0.358 e. The fraction of sp³-hybridized carbons (Fsp3) is 0.538. The Kier molecular flexibility index (Phi) is 5.41. The van der Waals surface area contributed by atoms with Crippen molar-refractivity contribution < 1.29 is 9.72 Å². The number of aryl methyl sites for hydroxylation is 1. The number of carbonyl (C=O) groups is 1. The summed E-state index contributed by atoms with van der Waals surface area (Å²) in [6.45, 7) is 6.45. The molecule has 0 fully saturated rings. The Morgan fingerprint density at radius 3 is 2.74 bits per heavy atom. The van der Waals surface area contributed by atoms with Gasteiger partial charge in [0.2, 0.25) is 0 Å². The molecule has 0 saturated heterocycles. The predicted molar refractivity (Wildman–Crippen MR) is 72.0 cm³/mol. The molecule has 0 aliphatic rings. The van der Waals surface area contributed by atoms with Crippen molar-refractivity contribution in [3.8, 4) is 0 Å². The smallest absolute Gasteiger partial charge is 0.358 e. The molecule has 1 rings (SSSR count). The fourth-order valence-electron chi connectivity index (χ4n) is 1.69. The Labute approximate surface area is 112 Å². The largest absolute Gasteiger partial charge is 0.364 e. The van der Waals surface area contributed by atoms with Crippen LogP contribution in [-0.2, 0) is 0 Å². The SMILES string of the molecule is Cc1cc(C(=O)NCCCC(C)C)cc([N+](=O)[O-])n1. The summed E-state index contributed by atoms with van der Waals surface area (Å²) in [5.74, 6) is 0.00541. The minimum atomic E-state index is -0.595. The summed E-state index contributed by atoms with van der Waals surface area (Å²) in [5, 5.41) is 13.4. The molecule has 1 aromatic rings. The molecule has 0 aromatic carbocycles.